The topological polar surface area (TPSA) is 24.9 Å². The number of aryl methyl sites for hydroxylation is 1. The highest BCUT2D eigenvalue weighted by atomic mass is 32.1. The van der Waals surface area contributed by atoms with Gasteiger partial charge in [-0.25, -0.2) is 9.37 Å². The maximum atomic E-state index is 12.9. The van der Waals surface area contributed by atoms with E-state index < -0.39 is 0 Å². The zero-order chi connectivity index (χ0) is 12.1. The lowest BCUT2D eigenvalue weighted by molar-refractivity contribution is 0.619. The lowest BCUT2D eigenvalue weighted by Crippen LogP contribution is -2.16. The standard InChI is InChI=1S/C13H15FN2S/c1-10-16-13(9-17-10)5-6-15-8-11-3-2-4-12(14)7-11/h2-4,7,9,15H,5-6,8H2,1H3. The van der Waals surface area contributed by atoms with Crippen molar-refractivity contribution >= 4 is 11.3 Å². The van der Waals surface area contributed by atoms with Crippen LogP contribution >= 0.6 is 11.3 Å². The average Bonchev–Trinajstić information content (AvgIpc) is 2.71. The van der Waals surface area contributed by atoms with Crippen molar-refractivity contribution in [2.45, 2.75) is 19.9 Å². The molecule has 0 atom stereocenters. The number of halogens is 1. The molecule has 17 heavy (non-hydrogen) atoms. The Morgan fingerprint density at radius 3 is 3.00 bits per heavy atom. The van der Waals surface area contributed by atoms with Gasteiger partial charge in [-0.2, -0.15) is 0 Å². The number of nitrogens with zero attached hydrogens (tertiary/aromatic N) is 1. The molecule has 1 heterocycles. The van der Waals surface area contributed by atoms with Crippen molar-refractivity contribution in [1.82, 2.24) is 10.3 Å². The third-order valence-electron chi connectivity index (χ3n) is 2.44. The lowest BCUT2D eigenvalue weighted by atomic mass is 10.2. The first-order chi connectivity index (χ1) is 8.24. The number of hydrogen-bond acceptors (Lipinski definition) is 3. The fourth-order valence-electron chi connectivity index (χ4n) is 1.62. The van der Waals surface area contributed by atoms with Crippen molar-refractivity contribution in [2.24, 2.45) is 0 Å². The second-order valence-electron chi connectivity index (χ2n) is 3.91. The molecule has 1 N–H and O–H groups in total. The predicted octanol–water partition coefficient (Wildman–Crippen LogP) is 2.92. The summed E-state index contributed by atoms with van der Waals surface area (Å²) in [6, 6.07) is 6.67. The van der Waals surface area contributed by atoms with E-state index in [1.807, 2.05) is 13.0 Å². The largest absolute Gasteiger partial charge is 0.312 e. The van der Waals surface area contributed by atoms with Crippen LogP contribution in [-0.2, 0) is 13.0 Å². The first-order valence-electron chi connectivity index (χ1n) is 5.60. The number of hydrogen-bond donors (Lipinski definition) is 1. The summed E-state index contributed by atoms with van der Waals surface area (Å²) in [5.74, 6) is -0.181. The molecule has 0 saturated heterocycles. The Morgan fingerprint density at radius 2 is 2.29 bits per heavy atom. The van der Waals surface area contributed by atoms with E-state index >= 15 is 0 Å². The first kappa shape index (κ1) is 12.2. The van der Waals surface area contributed by atoms with Crippen molar-refractivity contribution in [1.29, 1.82) is 0 Å². The molecule has 0 saturated carbocycles. The Labute approximate surface area is 105 Å². The summed E-state index contributed by atoms with van der Waals surface area (Å²) in [4.78, 5) is 4.39. The number of benzene rings is 1. The normalized spacial score (nSPS) is 10.7. The minimum Gasteiger partial charge on any atom is -0.312 e. The minimum atomic E-state index is -0.181. The van der Waals surface area contributed by atoms with Gasteiger partial charge < -0.3 is 5.32 Å². The number of thiazole rings is 1. The molecule has 1 aromatic heterocycles. The summed E-state index contributed by atoms with van der Waals surface area (Å²) >= 11 is 1.67. The van der Waals surface area contributed by atoms with Crippen LogP contribution in [0.1, 0.15) is 16.3 Å². The van der Waals surface area contributed by atoms with Gasteiger partial charge in [-0.1, -0.05) is 12.1 Å². The zero-order valence-corrected chi connectivity index (χ0v) is 10.6. The molecule has 0 fully saturated rings. The lowest BCUT2D eigenvalue weighted by Gasteiger charge is -2.03. The van der Waals surface area contributed by atoms with Gasteiger partial charge in [0.2, 0.25) is 0 Å². The van der Waals surface area contributed by atoms with Crippen molar-refractivity contribution in [3.63, 3.8) is 0 Å². The van der Waals surface area contributed by atoms with Crippen LogP contribution in [0.15, 0.2) is 29.6 Å². The van der Waals surface area contributed by atoms with E-state index in [1.165, 1.54) is 6.07 Å². The predicted molar refractivity (Wildman–Crippen MR) is 68.7 cm³/mol. The maximum absolute atomic E-state index is 12.9. The van der Waals surface area contributed by atoms with Crippen LogP contribution in [0, 0.1) is 12.7 Å². The summed E-state index contributed by atoms with van der Waals surface area (Å²) in [7, 11) is 0. The van der Waals surface area contributed by atoms with Crippen LogP contribution in [0.5, 0.6) is 0 Å². The summed E-state index contributed by atoms with van der Waals surface area (Å²) in [5, 5.41) is 6.47. The molecule has 1 aromatic carbocycles. The van der Waals surface area contributed by atoms with Gasteiger partial charge in [-0.05, 0) is 24.6 Å². The van der Waals surface area contributed by atoms with E-state index in [4.69, 9.17) is 0 Å². The Hall–Kier alpha value is -1.26. The van der Waals surface area contributed by atoms with Gasteiger partial charge >= 0.3 is 0 Å². The highest BCUT2D eigenvalue weighted by Crippen LogP contribution is 2.08. The van der Waals surface area contributed by atoms with Crippen LogP contribution in [0.3, 0.4) is 0 Å². The van der Waals surface area contributed by atoms with E-state index in [-0.39, 0.29) is 5.82 Å². The van der Waals surface area contributed by atoms with Gasteiger partial charge in [-0.3, -0.25) is 0 Å². The molecule has 0 spiro atoms. The van der Waals surface area contributed by atoms with Gasteiger partial charge in [0.15, 0.2) is 0 Å². The summed E-state index contributed by atoms with van der Waals surface area (Å²) in [5.41, 5.74) is 2.10. The molecule has 2 aromatic rings. The van der Waals surface area contributed by atoms with Crippen molar-refractivity contribution in [3.05, 3.63) is 51.7 Å². The van der Waals surface area contributed by atoms with Gasteiger partial charge in [0.1, 0.15) is 5.82 Å². The average molecular weight is 250 g/mol. The second-order valence-corrected chi connectivity index (χ2v) is 4.98. The fraction of sp³-hybridized carbons (Fsp3) is 0.308. The molecule has 4 heteroatoms. The molecule has 2 nitrogen and oxygen atoms in total. The first-order valence-corrected chi connectivity index (χ1v) is 6.48. The molecule has 0 amide bonds. The number of nitrogens with one attached hydrogen (secondary N) is 1. The Bertz CT molecular complexity index is 482. The summed E-state index contributed by atoms with van der Waals surface area (Å²) in [6.07, 6.45) is 0.916. The highest BCUT2D eigenvalue weighted by molar-refractivity contribution is 7.09. The van der Waals surface area contributed by atoms with E-state index in [9.17, 15) is 4.39 Å². The number of aromatic nitrogens is 1. The molecular formula is C13H15FN2S. The van der Waals surface area contributed by atoms with E-state index in [2.05, 4.69) is 15.7 Å². The molecule has 0 aliphatic heterocycles. The Balaban J connectivity index is 1.73. The molecule has 0 unspecified atom stereocenters. The fourth-order valence-corrected chi connectivity index (χ4v) is 2.27. The third kappa shape index (κ3) is 3.91. The Kier molecular flexibility index (Phi) is 4.23. The maximum Gasteiger partial charge on any atom is 0.123 e. The number of rotatable bonds is 5. The molecular weight excluding hydrogens is 235 g/mol. The highest BCUT2D eigenvalue weighted by Gasteiger charge is 1.98. The monoisotopic (exact) mass is 250 g/mol. The third-order valence-corrected chi connectivity index (χ3v) is 3.26. The van der Waals surface area contributed by atoms with E-state index in [1.54, 1.807) is 23.5 Å². The zero-order valence-electron chi connectivity index (χ0n) is 9.74. The van der Waals surface area contributed by atoms with Gasteiger partial charge in [0.25, 0.3) is 0 Å². The second kappa shape index (κ2) is 5.89. The SMILES string of the molecule is Cc1nc(CCNCc2cccc(F)c2)cs1. The van der Waals surface area contributed by atoms with Crippen molar-refractivity contribution in [2.75, 3.05) is 6.54 Å². The molecule has 0 radical (unpaired) electrons. The van der Waals surface area contributed by atoms with Crippen LogP contribution in [0.25, 0.3) is 0 Å². The summed E-state index contributed by atoms with van der Waals surface area (Å²) < 4.78 is 12.9. The van der Waals surface area contributed by atoms with Gasteiger partial charge in [0.05, 0.1) is 10.7 Å². The molecule has 0 aliphatic rings. The Morgan fingerprint density at radius 1 is 1.41 bits per heavy atom. The van der Waals surface area contributed by atoms with Crippen LogP contribution in [0.2, 0.25) is 0 Å². The molecule has 0 bridgehead atoms. The summed E-state index contributed by atoms with van der Waals surface area (Å²) in [6.45, 7) is 3.56. The quantitative estimate of drug-likeness (QED) is 0.825. The molecule has 2 rings (SSSR count). The van der Waals surface area contributed by atoms with Gasteiger partial charge in [-0.15, -0.1) is 11.3 Å². The van der Waals surface area contributed by atoms with Crippen molar-refractivity contribution in [3.8, 4) is 0 Å². The van der Waals surface area contributed by atoms with E-state index in [0.717, 1.165) is 29.2 Å². The van der Waals surface area contributed by atoms with Crippen LogP contribution in [0.4, 0.5) is 4.39 Å². The van der Waals surface area contributed by atoms with E-state index in [0.29, 0.717) is 6.54 Å². The molecule has 0 aliphatic carbocycles. The van der Waals surface area contributed by atoms with Crippen LogP contribution in [-0.4, -0.2) is 11.5 Å². The minimum absolute atomic E-state index is 0.181. The van der Waals surface area contributed by atoms with Crippen LogP contribution < -0.4 is 5.32 Å². The van der Waals surface area contributed by atoms with Crippen molar-refractivity contribution < 1.29 is 4.39 Å². The smallest absolute Gasteiger partial charge is 0.123 e. The molecule has 90 valence electrons. The van der Waals surface area contributed by atoms with Gasteiger partial charge in [0, 0.05) is 24.9 Å².